The highest BCUT2D eigenvalue weighted by molar-refractivity contribution is 5.89. The average molecular weight is 302 g/mol. The molecule has 2 aromatic carbocycles. The quantitative estimate of drug-likeness (QED) is 0.370. The monoisotopic (exact) mass is 302 g/mol. The summed E-state index contributed by atoms with van der Waals surface area (Å²) in [5.41, 5.74) is 3.09. The molecule has 0 amide bonds. The van der Waals surface area contributed by atoms with E-state index in [0.29, 0.717) is 22.7 Å². The summed E-state index contributed by atoms with van der Waals surface area (Å²) in [5.74, 6) is 0. The Morgan fingerprint density at radius 2 is 1.57 bits per heavy atom. The van der Waals surface area contributed by atoms with Crippen LogP contribution in [0.5, 0.6) is 0 Å². The maximum atomic E-state index is 13.1. The summed E-state index contributed by atoms with van der Waals surface area (Å²) in [6.45, 7) is 2.10. The first-order chi connectivity index (χ1) is 11.2. The first-order valence-corrected chi connectivity index (χ1v) is 7.78. The molecule has 0 N–H and O–H groups in total. The summed E-state index contributed by atoms with van der Waals surface area (Å²) < 4.78 is 3.86. The molecule has 2 aromatic heterocycles. The van der Waals surface area contributed by atoms with Crippen molar-refractivity contribution >= 4 is 27.5 Å². The van der Waals surface area contributed by atoms with Crippen molar-refractivity contribution < 1.29 is 0 Å². The molecule has 4 nitrogen and oxygen atoms in total. The van der Waals surface area contributed by atoms with Crippen molar-refractivity contribution in [3.63, 3.8) is 0 Å². The van der Waals surface area contributed by atoms with Gasteiger partial charge in [-0.15, -0.1) is 0 Å². The lowest BCUT2D eigenvalue weighted by Gasteiger charge is -2.15. The van der Waals surface area contributed by atoms with Crippen molar-refractivity contribution in [1.29, 1.82) is 0 Å². The first kappa shape index (κ1) is 12.6. The molecule has 23 heavy (non-hydrogen) atoms. The minimum Gasteiger partial charge on any atom is -0.323 e. The topological polar surface area (TPSA) is 43.5 Å². The highest BCUT2D eigenvalue weighted by Gasteiger charge is 2.27. The second-order valence-electron chi connectivity index (χ2n) is 6.23. The highest BCUT2D eigenvalue weighted by atomic mass is 16.1. The van der Waals surface area contributed by atoms with Gasteiger partial charge in [-0.1, -0.05) is 24.3 Å². The molecule has 0 radical (unpaired) electrons. The van der Waals surface area contributed by atoms with Crippen LogP contribution in [0.1, 0.15) is 18.5 Å². The second kappa shape index (κ2) is 4.10. The van der Waals surface area contributed by atoms with E-state index in [1.807, 2.05) is 48.5 Å². The molecule has 5 rings (SSSR count). The van der Waals surface area contributed by atoms with Crippen molar-refractivity contribution in [2.45, 2.75) is 19.4 Å². The van der Waals surface area contributed by atoms with Gasteiger partial charge in [-0.2, -0.15) is 0 Å². The number of hydrogen-bond acceptors (Lipinski definition) is 2. The molecule has 0 unspecified atom stereocenters. The number of para-hydroxylation sites is 2. The Labute approximate surface area is 131 Å². The fraction of sp³-hybridized carbons (Fsp3) is 0.158. The van der Waals surface area contributed by atoms with Gasteiger partial charge in [0.1, 0.15) is 5.65 Å². The minimum atomic E-state index is -0.0570. The van der Waals surface area contributed by atoms with Gasteiger partial charge in [-0.05, 0) is 31.2 Å². The molecule has 1 aliphatic heterocycles. The summed E-state index contributed by atoms with van der Waals surface area (Å²) >= 11 is 0. The van der Waals surface area contributed by atoms with E-state index in [0.717, 1.165) is 16.7 Å². The van der Waals surface area contributed by atoms with E-state index in [-0.39, 0.29) is 17.0 Å². The summed E-state index contributed by atoms with van der Waals surface area (Å²) in [6, 6.07) is 15.2. The van der Waals surface area contributed by atoms with Crippen LogP contribution in [-0.2, 0) is 6.42 Å². The van der Waals surface area contributed by atoms with E-state index in [4.69, 9.17) is 0 Å². The normalized spacial score (nSPS) is 16.7. The Hall–Kier alpha value is -2.88. The van der Waals surface area contributed by atoms with Gasteiger partial charge in [-0.3, -0.25) is 14.0 Å². The van der Waals surface area contributed by atoms with Crippen LogP contribution in [0.25, 0.3) is 27.5 Å². The Morgan fingerprint density at radius 3 is 2.35 bits per heavy atom. The third-order valence-corrected chi connectivity index (χ3v) is 4.91. The lowest BCUT2D eigenvalue weighted by Crippen LogP contribution is -2.22. The van der Waals surface area contributed by atoms with Crippen LogP contribution >= 0.6 is 0 Å². The summed E-state index contributed by atoms with van der Waals surface area (Å²) in [6.07, 6.45) is 0.667. The number of hydrogen-bond donors (Lipinski definition) is 0. The van der Waals surface area contributed by atoms with Crippen LogP contribution in [0, 0.1) is 0 Å². The lowest BCUT2D eigenvalue weighted by atomic mass is 10.1. The fourth-order valence-corrected chi connectivity index (χ4v) is 3.95. The van der Waals surface area contributed by atoms with Gasteiger partial charge in [0.25, 0.3) is 5.56 Å². The third-order valence-electron chi connectivity index (χ3n) is 4.91. The lowest BCUT2D eigenvalue weighted by molar-refractivity contribution is 0.606. The number of benzene rings is 2. The van der Waals surface area contributed by atoms with E-state index in [1.54, 1.807) is 4.40 Å². The molecule has 0 saturated heterocycles. The predicted molar refractivity (Wildman–Crippen MR) is 91.4 cm³/mol. The van der Waals surface area contributed by atoms with Crippen molar-refractivity contribution in [2.75, 3.05) is 0 Å². The zero-order valence-corrected chi connectivity index (χ0v) is 12.6. The number of aromatic nitrogens is 2. The number of rotatable bonds is 0. The van der Waals surface area contributed by atoms with E-state index >= 15 is 0 Å². The molecule has 1 atom stereocenters. The fourth-order valence-electron chi connectivity index (χ4n) is 3.95. The van der Waals surface area contributed by atoms with E-state index < -0.39 is 0 Å². The maximum absolute atomic E-state index is 13.1. The van der Waals surface area contributed by atoms with Crippen molar-refractivity contribution in [3.8, 4) is 0 Å². The molecule has 0 saturated carbocycles. The number of nitrogens with zero attached hydrogens (tertiary/aromatic N) is 2. The van der Waals surface area contributed by atoms with Crippen LogP contribution in [0.2, 0.25) is 0 Å². The highest BCUT2D eigenvalue weighted by Crippen LogP contribution is 2.31. The Kier molecular flexibility index (Phi) is 2.25. The van der Waals surface area contributed by atoms with Gasteiger partial charge >= 0.3 is 0 Å². The molecular formula is C19H14N2O2. The molecular weight excluding hydrogens is 288 g/mol. The van der Waals surface area contributed by atoms with E-state index in [1.165, 1.54) is 0 Å². The summed E-state index contributed by atoms with van der Waals surface area (Å²) in [4.78, 5) is 26.0. The first-order valence-electron chi connectivity index (χ1n) is 7.78. The Morgan fingerprint density at radius 1 is 0.913 bits per heavy atom. The Bertz CT molecular complexity index is 1250. The van der Waals surface area contributed by atoms with Crippen LogP contribution in [0.3, 0.4) is 0 Å². The van der Waals surface area contributed by atoms with Crippen LogP contribution in [-0.4, -0.2) is 8.97 Å². The van der Waals surface area contributed by atoms with Crippen molar-refractivity contribution in [1.82, 2.24) is 8.97 Å². The molecule has 3 heterocycles. The van der Waals surface area contributed by atoms with Crippen molar-refractivity contribution in [2.24, 2.45) is 0 Å². The van der Waals surface area contributed by atoms with Crippen molar-refractivity contribution in [3.05, 3.63) is 74.7 Å². The number of pyridine rings is 1. The third kappa shape index (κ3) is 1.41. The molecule has 0 bridgehead atoms. The van der Waals surface area contributed by atoms with Gasteiger partial charge in [-0.25, -0.2) is 0 Å². The zero-order chi connectivity index (χ0) is 15.7. The maximum Gasteiger partial charge on any atom is 0.266 e. The molecule has 0 aliphatic carbocycles. The predicted octanol–water partition coefficient (Wildman–Crippen LogP) is 2.88. The molecule has 1 aliphatic rings. The smallest absolute Gasteiger partial charge is 0.266 e. The minimum absolute atomic E-state index is 0.0494. The molecule has 0 fully saturated rings. The van der Waals surface area contributed by atoms with Crippen LogP contribution in [0.4, 0.5) is 0 Å². The van der Waals surface area contributed by atoms with Crippen LogP contribution < -0.4 is 11.0 Å². The van der Waals surface area contributed by atoms with Crippen LogP contribution in [0.15, 0.2) is 58.1 Å². The molecule has 0 spiro atoms. The Balaban J connectivity index is 2.26. The molecule has 4 heteroatoms. The molecule has 112 valence electrons. The van der Waals surface area contributed by atoms with Gasteiger partial charge < -0.3 is 4.57 Å². The van der Waals surface area contributed by atoms with E-state index in [9.17, 15) is 9.59 Å². The summed E-state index contributed by atoms with van der Waals surface area (Å²) in [5, 5.41) is 1.31. The molecule has 4 aromatic rings. The largest absolute Gasteiger partial charge is 0.323 e. The summed E-state index contributed by atoms with van der Waals surface area (Å²) in [7, 11) is 0. The average Bonchev–Trinajstić information content (AvgIpc) is 2.92. The standard InChI is InChI=1S/C19H14N2O2/c1-11-10-14-17(22)12-6-2-4-8-15(12)21-18(14)20(11)16-9-5-3-7-13(16)19(21)23/h2-9,11H,10H2,1H3/t11-/m0/s1. The SMILES string of the molecule is C[C@H]1Cc2c(=O)c3ccccc3n3c(=O)c4ccccc4n1c23. The van der Waals surface area contributed by atoms with E-state index in [2.05, 4.69) is 11.5 Å². The van der Waals surface area contributed by atoms with Gasteiger partial charge in [0.15, 0.2) is 5.43 Å². The van der Waals surface area contributed by atoms with Gasteiger partial charge in [0, 0.05) is 23.4 Å². The second-order valence-corrected chi connectivity index (χ2v) is 6.23. The zero-order valence-electron chi connectivity index (χ0n) is 12.6. The van der Waals surface area contributed by atoms with Gasteiger partial charge in [0.05, 0.1) is 16.4 Å². The number of fused-ring (bicyclic) bond motifs is 4. The van der Waals surface area contributed by atoms with Gasteiger partial charge in [0.2, 0.25) is 0 Å².